The number of para-hydroxylation sites is 1. The van der Waals surface area contributed by atoms with Crippen molar-refractivity contribution in [3.63, 3.8) is 0 Å². The van der Waals surface area contributed by atoms with Crippen molar-refractivity contribution in [1.82, 2.24) is 0 Å². The Bertz CT molecular complexity index is 1160. The number of carbonyl (C=O) groups excluding carboxylic acids is 3. The van der Waals surface area contributed by atoms with Gasteiger partial charge >= 0.3 is 6.09 Å². The molecule has 0 spiro atoms. The van der Waals surface area contributed by atoms with Crippen molar-refractivity contribution in [3.05, 3.63) is 83.9 Å². The van der Waals surface area contributed by atoms with E-state index >= 15 is 0 Å². The van der Waals surface area contributed by atoms with Gasteiger partial charge in [0.15, 0.2) is 0 Å². The minimum absolute atomic E-state index is 0.320. The van der Waals surface area contributed by atoms with Gasteiger partial charge in [-0.3, -0.25) is 14.5 Å². The molecule has 0 bridgehead atoms. The molecule has 162 valence electrons. The number of anilines is 3. The summed E-state index contributed by atoms with van der Waals surface area (Å²) >= 11 is 0. The van der Waals surface area contributed by atoms with E-state index in [1.165, 1.54) is 4.90 Å². The van der Waals surface area contributed by atoms with Crippen molar-refractivity contribution in [2.45, 2.75) is 0 Å². The van der Waals surface area contributed by atoms with E-state index in [9.17, 15) is 14.4 Å². The zero-order chi connectivity index (χ0) is 22.5. The van der Waals surface area contributed by atoms with Gasteiger partial charge in [0.05, 0.1) is 24.9 Å². The van der Waals surface area contributed by atoms with E-state index < -0.39 is 6.09 Å². The van der Waals surface area contributed by atoms with Crippen LogP contribution in [0.2, 0.25) is 0 Å². The second-order valence-corrected chi connectivity index (χ2v) is 7.00. The van der Waals surface area contributed by atoms with E-state index in [0.29, 0.717) is 47.1 Å². The third-order valence-corrected chi connectivity index (χ3v) is 4.95. The Kier molecular flexibility index (Phi) is 6.03. The van der Waals surface area contributed by atoms with Crippen LogP contribution in [-0.4, -0.2) is 38.2 Å². The third-order valence-electron chi connectivity index (χ3n) is 4.95. The van der Waals surface area contributed by atoms with Gasteiger partial charge in [-0.2, -0.15) is 0 Å². The molecule has 3 amide bonds. The van der Waals surface area contributed by atoms with Crippen molar-refractivity contribution in [2.24, 2.45) is 0 Å². The predicted molar refractivity (Wildman–Crippen MR) is 120 cm³/mol. The summed E-state index contributed by atoms with van der Waals surface area (Å²) in [4.78, 5) is 38.8. The Balaban J connectivity index is 1.48. The second kappa shape index (κ2) is 9.22. The number of carbonyl (C=O) groups is 3. The highest BCUT2D eigenvalue weighted by molar-refractivity contribution is 6.12. The average Bonchev–Trinajstić information content (AvgIpc) is 3.25. The monoisotopic (exact) mass is 431 g/mol. The number of benzene rings is 3. The largest absolute Gasteiger partial charge is 0.497 e. The maximum atomic E-state index is 12.8. The molecule has 0 aliphatic carbocycles. The highest BCUT2D eigenvalue weighted by Gasteiger charge is 2.23. The molecule has 1 aliphatic heterocycles. The Morgan fingerprint density at radius 2 is 1.72 bits per heavy atom. The summed E-state index contributed by atoms with van der Waals surface area (Å²) in [5.74, 6) is -0.116. The van der Waals surface area contributed by atoms with Gasteiger partial charge in [-0.15, -0.1) is 0 Å². The molecule has 3 aromatic rings. The zero-order valence-electron chi connectivity index (χ0n) is 17.3. The topological polar surface area (TPSA) is 97.0 Å². The number of nitrogens with zero attached hydrogens (tertiary/aromatic N) is 1. The van der Waals surface area contributed by atoms with Crippen LogP contribution in [0.15, 0.2) is 72.8 Å². The molecule has 1 saturated heterocycles. The predicted octanol–water partition coefficient (Wildman–Crippen LogP) is 4.16. The van der Waals surface area contributed by atoms with E-state index in [1.54, 1.807) is 79.9 Å². The zero-order valence-corrected chi connectivity index (χ0v) is 17.3. The Hall–Kier alpha value is -4.33. The minimum Gasteiger partial charge on any atom is -0.497 e. The molecule has 32 heavy (non-hydrogen) atoms. The summed E-state index contributed by atoms with van der Waals surface area (Å²) in [6.07, 6.45) is -0.404. The fourth-order valence-corrected chi connectivity index (χ4v) is 3.30. The molecule has 8 heteroatoms. The van der Waals surface area contributed by atoms with Gasteiger partial charge in [0.1, 0.15) is 12.4 Å². The maximum absolute atomic E-state index is 12.8. The summed E-state index contributed by atoms with van der Waals surface area (Å²) < 4.78 is 10.1. The number of ether oxygens (including phenoxy) is 2. The summed E-state index contributed by atoms with van der Waals surface area (Å²) in [6.45, 7) is 0.815. The highest BCUT2D eigenvalue weighted by Crippen LogP contribution is 2.22. The van der Waals surface area contributed by atoms with E-state index in [-0.39, 0.29) is 11.8 Å². The first-order valence-corrected chi connectivity index (χ1v) is 9.95. The van der Waals surface area contributed by atoms with Gasteiger partial charge in [0.25, 0.3) is 11.8 Å². The van der Waals surface area contributed by atoms with Gasteiger partial charge in [0, 0.05) is 23.0 Å². The summed E-state index contributed by atoms with van der Waals surface area (Å²) in [6, 6.07) is 20.4. The van der Waals surface area contributed by atoms with Crippen LogP contribution < -0.4 is 20.3 Å². The van der Waals surface area contributed by atoms with Gasteiger partial charge in [0.2, 0.25) is 0 Å². The fourth-order valence-electron chi connectivity index (χ4n) is 3.30. The van der Waals surface area contributed by atoms with Crippen LogP contribution in [0.25, 0.3) is 0 Å². The van der Waals surface area contributed by atoms with Crippen LogP contribution in [0.4, 0.5) is 21.9 Å². The molecule has 1 aliphatic rings. The lowest BCUT2D eigenvalue weighted by molar-refractivity contribution is 0.102. The van der Waals surface area contributed by atoms with Gasteiger partial charge < -0.3 is 20.1 Å². The number of rotatable bonds is 6. The lowest BCUT2D eigenvalue weighted by Gasteiger charge is -2.14. The van der Waals surface area contributed by atoms with Crippen molar-refractivity contribution < 1.29 is 23.9 Å². The molecule has 8 nitrogen and oxygen atoms in total. The van der Waals surface area contributed by atoms with Crippen LogP contribution in [0.3, 0.4) is 0 Å². The number of nitrogens with one attached hydrogen (secondary N) is 2. The molecular weight excluding hydrogens is 410 g/mol. The first-order chi connectivity index (χ1) is 15.5. The van der Waals surface area contributed by atoms with Gasteiger partial charge in [-0.05, 0) is 48.5 Å². The number of hydrogen-bond acceptors (Lipinski definition) is 5. The molecule has 1 heterocycles. The van der Waals surface area contributed by atoms with Crippen LogP contribution in [0.1, 0.15) is 20.7 Å². The summed E-state index contributed by atoms with van der Waals surface area (Å²) in [5, 5.41) is 5.59. The molecule has 0 radical (unpaired) electrons. The molecule has 3 aromatic carbocycles. The van der Waals surface area contributed by atoms with E-state index in [4.69, 9.17) is 9.47 Å². The van der Waals surface area contributed by atoms with Crippen molar-refractivity contribution >= 4 is 35.0 Å². The lowest BCUT2D eigenvalue weighted by atomic mass is 10.1. The van der Waals surface area contributed by atoms with Gasteiger partial charge in [-0.25, -0.2) is 4.79 Å². The number of methoxy groups -OCH3 is 1. The Morgan fingerprint density at radius 1 is 0.938 bits per heavy atom. The maximum Gasteiger partial charge on any atom is 0.414 e. The lowest BCUT2D eigenvalue weighted by Crippen LogP contribution is -2.23. The van der Waals surface area contributed by atoms with Gasteiger partial charge in [-0.1, -0.05) is 18.2 Å². The van der Waals surface area contributed by atoms with Crippen molar-refractivity contribution in [3.8, 4) is 5.75 Å². The first-order valence-electron chi connectivity index (χ1n) is 9.95. The smallest absolute Gasteiger partial charge is 0.414 e. The Morgan fingerprint density at radius 3 is 2.44 bits per heavy atom. The van der Waals surface area contributed by atoms with E-state index in [0.717, 1.165) is 0 Å². The third kappa shape index (κ3) is 4.54. The average molecular weight is 431 g/mol. The number of cyclic esters (lactones) is 1. The van der Waals surface area contributed by atoms with E-state index in [2.05, 4.69) is 10.6 Å². The van der Waals surface area contributed by atoms with Crippen molar-refractivity contribution in [1.29, 1.82) is 0 Å². The molecule has 1 fully saturated rings. The van der Waals surface area contributed by atoms with Crippen LogP contribution in [0.5, 0.6) is 5.75 Å². The molecule has 0 saturated carbocycles. The normalized spacial score (nSPS) is 12.8. The summed E-state index contributed by atoms with van der Waals surface area (Å²) in [5.41, 5.74) is 2.32. The standard InChI is InChI=1S/C24H21N3O5/c1-31-19-6-4-5-17(15-19)25-23(29)20-7-2-3-8-21(20)26-22(28)16-9-11-18(12-10-16)27-13-14-32-24(27)30/h2-12,15H,13-14H2,1H3,(H,25,29)(H,26,28). The quantitative estimate of drug-likeness (QED) is 0.611. The SMILES string of the molecule is COc1cccc(NC(=O)c2ccccc2NC(=O)c2ccc(N3CCOC3=O)cc2)c1. The molecule has 0 atom stereocenters. The molecule has 4 rings (SSSR count). The van der Waals surface area contributed by atoms with E-state index in [1.807, 2.05) is 0 Å². The minimum atomic E-state index is -0.404. The fraction of sp³-hybridized carbons (Fsp3) is 0.125. The summed E-state index contributed by atoms with van der Waals surface area (Å²) in [7, 11) is 1.55. The van der Waals surface area contributed by atoms with Crippen molar-refractivity contribution in [2.75, 3.05) is 35.8 Å². The van der Waals surface area contributed by atoms with Crippen LogP contribution in [0, 0.1) is 0 Å². The highest BCUT2D eigenvalue weighted by atomic mass is 16.6. The second-order valence-electron chi connectivity index (χ2n) is 7.00. The molecular formula is C24H21N3O5. The first kappa shape index (κ1) is 20.9. The molecule has 0 aromatic heterocycles. The number of hydrogen-bond donors (Lipinski definition) is 2. The van der Waals surface area contributed by atoms with Crippen LogP contribution in [-0.2, 0) is 4.74 Å². The molecule has 0 unspecified atom stereocenters. The number of amides is 3. The molecule has 2 N–H and O–H groups in total. The Labute approximate surface area is 184 Å². The van der Waals surface area contributed by atoms with Crippen LogP contribution >= 0.6 is 0 Å².